The van der Waals surface area contributed by atoms with Gasteiger partial charge in [-0.3, -0.25) is 4.79 Å². The fourth-order valence-electron chi connectivity index (χ4n) is 4.16. The lowest BCUT2D eigenvalue weighted by molar-refractivity contribution is -0.151. The van der Waals surface area contributed by atoms with Crippen LogP contribution in [0.1, 0.15) is 25.3 Å². The van der Waals surface area contributed by atoms with Gasteiger partial charge in [-0.25, -0.2) is 0 Å². The Balaban J connectivity index is 1.92. The lowest BCUT2D eigenvalue weighted by atomic mass is 9.55. The molecule has 1 heterocycles. The molecule has 4 bridgehead atoms. The maximum Gasteiger partial charge on any atom is 0.310 e. The van der Waals surface area contributed by atoms with E-state index in [4.69, 9.17) is 4.74 Å². The van der Waals surface area contributed by atoms with E-state index in [1.807, 2.05) is 18.2 Å². The molecule has 4 unspecified atom stereocenters. The molecule has 0 amide bonds. The van der Waals surface area contributed by atoms with Crippen molar-refractivity contribution in [2.75, 3.05) is 0 Å². The molecule has 0 radical (unpaired) electrons. The van der Waals surface area contributed by atoms with Crippen LogP contribution in [-0.4, -0.2) is 5.97 Å². The van der Waals surface area contributed by atoms with Gasteiger partial charge in [-0.1, -0.05) is 49.4 Å². The Morgan fingerprint density at radius 1 is 1.28 bits per heavy atom. The predicted molar refractivity (Wildman–Crippen MR) is 67.7 cm³/mol. The third kappa shape index (κ3) is 1.11. The minimum absolute atomic E-state index is 0.00284. The van der Waals surface area contributed by atoms with Crippen molar-refractivity contribution in [3.8, 4) is 0 Å². The van der Waals surface area contributed by atoms with Crippen LogP contribution in [0, 0.1) is 17.3 Å². The van der Waals surface area contributed by atoms with Crippen molar-refractivity contribution in [2.24, 2.45) is 17.3 Å². The first-order chi connectivity index (χ1) is 8.63. The van der Waals surface area contributed by atoms with Gasteiger partial charge >= 0.3 is 5.97 Å². The van der Waals surface area contributed by atoms with Gasteiger partial charge < -0.3 is 4.74 Å². The standard InChI is InChI=1S/C16H16O2/c1-15-8-7-13-12(9-15)14(17)18-16(13,10-15)11-5-3-2-4-6-11/h2-8,12-13H,9-10H2,1H3. The number of hydrogen-bond acceptors (Lipinski definition) is 2. The Labute approximate surface area is 107 Å². The van der Waals surface area contributed by atoms with Gasteiger partial charge in [-0.05, 0) is 17.4 Å². The molecular formula is C16H16O2. The van der Waals surface area contributed by atoms with E-state index in [1.165, 1.54) is 0 Å². The largest absolute Gasteiger partial charge is 0.453 e. The van der Waals surface area contributed by atoms with Gasteiger partial charge in [0, 0.05) is 12.3 Å². The second-order valence-electron chi connectivity index (χ2n) is 6.20. The Kier molecular flexibility index (Phi) is 1.76. The van der Waals surface area contributed by atoms with Crippen LogP contribution in [0.5, 0.6) is 0 Å². The Morgan fingerprint density at radius 3 is 2.78 bits per heavy atom. The van der Waals surface area contributed by atoms with Crippen molar-refractivity contribution in [2.45, 2.75) is 25.4 Å². The molecule has 1 saturated carbocycles. The fourth-order valence-corrected chi connectivity index (χ4v) is 4.16. The molecule has 2 nitrogen and oxygen atoms in total. The number of rotatable bonds is 1. The van der Waals surface area contributed by atoms with Crippen LogP contribution in [0.15, 0.2) is 42.5 Å². The van der Waals surface area contributed by atoms with Gasteiger partial charge in [0.15, 0.2) is 0 Å². The first-order valence-electron chi connectivity index (χ1n) is 6.61. The van der Waals surface area contributed by atoms with Crippen LogP contribution in [0.3, 0.4) is 0 Å². The second-order valence-corrected chi connectivity index (χ2v) is 6.20. The van der Waals surface area contributed by atoms with Crippen LogP contribution >= 0.6 is 0 Å². The zero-order valence-corrected chi connectivity index (χ0v) is 10.4. The number of ether oxygens (including phenoxy) is 1. The van der Waals surface area contributed by atoms with E-state index in [2.05, 4.69) is 31.2 Å². The van der Waals surface area contributed by atoms with Crippen LogP contribution in [-0.2, 0) is 15.1 Å². The van der Waals surface area contributed by atoms with Crippen LogP contribution in [0.25, 0.3) is 0 Å². The highest BCUT2D eigenvalue weighted by molar-refractivity contribution is 5.78. The number of allylic oxidation sites excluding steroid dienone is 1. The molecule has 0 aromatic heterocycles. The first kappa shape index (κ1) is 10.4. The van der Waals surface area contributed by atoms with E-state index in [9.17, 15) is 4.79 Å². The molecule has 2 fully saturated rings. The summed E-state index contributed by atoms with van der Waals surface area (Å²) >= 11 is 0. The van der Waals surface area contributed by atoms with Crippen molar-refractivity contribution in [3.05, 3.63) is 48.0 Å². The summed E-state index contributed by atoms with van der Waals surface area (Å²) < 4.78 is 5.87. The van der Waals surface area contributed by atoms with E-state index >= 15 is 0 Å². The van der Waals surface area contributed by atoms with Crippen molar-refractivity contribution in [3.63, 3.8) is 0 Å². The Bertz CT molecular complexity index is 547. The molecule has 1 aromatic carbocycles. The SMILES string of the molecule is CC12C=CC3C(C1)C(=O)OC3(c1ccccc1)C2. The molecular weight excluding hydrogens is 224 g/mol. The van der Waals surface area contributed by atoms with Gasteiger partial charge in [0.2, 0.25) is 0 Å². The minimum Gasteiger partial charge on any atom is -0.453 e. The summed E-state index contributed by atoms with van der Waals surface area (Å²) in [6.07, 6.45) is 6.38. The maximum atomic E-state index is 12.1. The summed E-state index contributed by atoms with van der Waals surface area (Å²) in [6, 6.07) is 10.2. The summed E-state index contributed by atoms with van der Waals surface area (Å²) in [6.45, 7) is 2.24. The van der Waals surface area contributed by atoms with Gasteiger partial charge in [0.1, 0.15) is 5.60 Å². The molecule has 18 heavy (non-hydrogen) atoms. The van der Waals surface area contributed by atoms with E-state index in [0.717, 1.165) is 18.4 Å². The van der Waals surface area contributed by atoms with Crippen molar-refractivity contribution < 1.29 is 9.53 Å². The maximum absolute atomic E-state index is 12.1. The minimum atomic E-state index is -0.398. The first-order valence-corrected chi connectivity index (χ1v) is 6.61. The molecule has 4 aliphatic rings. The lowest BCUT2D eigenvalue weighted by Crippen LogP contribution is -2.46. The average molecular weight is 240 g/mol. The summed E-state index contributed by atoms with van der Waals surface area (Å²) in [5.41, 5.74) is 0.868. The Hall–Kier alpha value is -1.57. The molecule has 0 N–H and O–H groups in total. The Morgan fingerprint density at radius 2 is 2.06 bits per heavy atom. The normalized spacial score (nSPS) is 44.2. The second kappa shape index (κ2) is 3.05. The average Bonchev–Trinajstić information content (AvgIpc) is 2.59. The van der Waals surface area contributed by atoms with Crippen molar-refractivity contribution in [1.29, 1.82) is 0 Å². The highest BCUT2D eigenvalue weighted by atomic mass is 16.6. The summed E-state index contributed by atoms with van der Waals surface area (Å²) in [5, 5.41) is 0. The van der Waals surface area contributed by atoms with Crippen LogP contribution < -0.4 is 0 Å². The van der Waals surface area contributed by atoms with Crippen LogP contribution in [0.4, 0.5) is 0 Å². The monoisotopic (exact) mass is 240 g/mol. The van der Waals surface area contributed by atoms with Crippen LogP contribution in [0.2, 0.25) is 0 Å². The number of benzene rings is 1. The summed E-state index contributed by atoms with van der Waals surface area (Å²) in [5.74, 6) is 0.292. The third-order valence-corrected chi connectivity index (χ3v) is 4.88. The number of carbonyl (C=O) groups excluding carboxylic acids is 1. The molecule has 4 atom stereocenters. The van der Waals surface area contributed by atoms with E-state index in [1.54, 1.807) is 0 Å². The molecule has 2 heteroatoms. The third-order valence-electron chi connectivity index (χ3n) is 4.88. The molecule has 1 aliphatic heterocycles. The van der Waals surface area contributed by atoms with Crippen molar-refractivity contribution in [1.82, 2.24) is 0 Å². The predicted octanol–water partition coefficient (Wildman–Crippen LogP) is 3.04. The van der Waals surface area contributed by atoms with Gasteiger partial charge in [-0.2, -0.15) is 0 Å². The number of carbonyl (C=O) groups is 1. The molecule has 1 aromatic rings. The molecule has 92 valence electrons. The summed E-state index contributed by atoms with van der Waals surface area (Å²) in [4.78, 5) is 12.1. The van der Waals surface area contributed by atoms with Crippen molar-refractivity contribution >= 4 is 5.97 Å². The molecule has 5 rings (SSSR count). The highest BCUT2D eigenvalue weighted by Crippen LogP contribution is 2.63. The topological polar surface area (TPSA) is 26.3 Å². The number of hydrogen-bond donors (Lipinski definition) is 0. The zero-order chi connectivity index (χ0) is 12.4. The zero-order valence-electron chi connectivity index (χ0n) is 10.4. The van der Waals surface area contributed by atoms with Gasteiger partial charge in [0.25, 0.3) is 0 Å². The quantitative estimate of drug-likeness (QED) is 0.557. The smallest absolute Gasteiger partial charge is 0.310 e. The number of esters is 1. The van der Waals surface area contributed by atoms with E-state index in [0.29, 0.717) is 0 Å². The van der Waals surface area contributed by atoms with E-state index in [-0.39, 0.29) is 23.2 Å². The lowest BCUT2D eigenvalue weighted by Gasteiger charge is -2.48. The van der Waals surface area contributed by atoms with E-state index < -0.39 is 5.60 Å². The molecule has 0 spiro atoms. The molecule has 1 saturated heterocycles. The highest BCUT2D eigenvalue weighted by Gasteiger charge is 2.64. The fraction of sp³-hybridized carbons (Fsp3) is 0.438. The summed E-state index contributed by atoms with van der Waals surface area (Å²) in [7, 11) is 0. The van der Waals surface area contributed by atoms with Gasteiger partial charge in [0.05, 0.1) is 5.92 Å². The van der Waals surface area contributed by atoms with Gasteiger partial charge in [-0.15, -0.1) is 0 Å². The molecule has 3 aliphatic carbocycles.